The maximum absolute atomic E-state index is 14.6. The molecule has 0 spiro atoms. The number of nitrogens with zero attached hydrogens (tertiary/aromatic N) is 5. The average Bonchev–Trinajstić information content (AvgIpc) is 2.67. The fourth-order valence-electron chi connectivity index (χ4n) is 3.23. The summed E-state index contributed by atoms with van der Waals surface area (Å²) in [5, 5.41) is 0. The summed E-state index contributed by atoms with van der Waals surface area (Å²) in [6, 6.07) is 5.41. The van der Waals surface area contributed by atoms with Gasteiger partial charge in [-0.05, 0) is 32.3 Å². The highest BCUT2D eigenvalue weighted by molar-refractivity contribution is 6.09. The second kappa shape index (κ2) is 11.6. The Morgan fingerprint density at radius 1 is 1.32 bits per heavy atom. The van der Waals surface area contributed by atoms with E-state index in [-0.39, 0.29) is 5.82 Å². The molecule has 152 valence electrons. The maximum Gasteiger partial charge on any atom is 0.134 e. The summed E-state index contributed by atoms with van der Waals surface area (Å²) in [4.78, 5) is 17.3. The molecule has 0 aliphatic carbocycles. The number of rotatable bonds is 11. The van der Waals surface area contributed by atoms with Crippen molar-refractivity contribution >= 4 is 24.7 Å². The molecule has 1 saturated heterocycles. The molecule has 0 bridgehead atoms. The largest absolute Gasteiger partial charge is 0.306 e. The molecular weight excluding hydrogens is 353 g/mol. The van der Waals surface area contributed by atoms with E-state index in [4.69, 9.17) is 0 Å². The highest BCUT2D eigenvalue weighted by Crippen LogP contribution is 2.20. The lowest BCUT2D eigenvalue weighted by molar-refractivity contribution is 0.141. The third-order valence-corrected chi connectivity index (χ3v) is 4.93. The Morgan fingerprint density at radius 2 is 2.11 bits per heavy atom. The van der Waals surface area contributed by atoms with Crippen LogP contribution in [0.2, 0.25) is 0 Å². The molecular formula is C22H32FN5. The van der Waals surface area contributed by atoms with E-state index >= 15 is 0 Å². The van der Waals surface area contributed by atoms with Crippen LogP contribution in [0.5, 0.6) is 0 Å². The van der Waals surface area contributed by atoms with Crippen LogP contribution in [0, 0.1) is 11.7 Å². The molecule has 0 unspecified atom stereocenters. The number of aryl methyl sites for hydroxylation is 1. The van der Waals surface area contributed by atoms with Crippen LogP contribution in [0.25, 0.3) is 5.57 Å². The second-order valence-electron chi connectivity index (χ2n) is 7.16. The lowest BCUT2D eigenvalue weighted by Gasteiger charge is -2.35. The number of hydrogen-bond acceptors (Lipinski definition) is 5. The second-order valence-corrected chi connectivity index (χ2v) is 7.16. The van der Waals surface area contributed by atoms with Crippen LogP contribution in [0.4, 0.5) is 4.39 Å². The number of allylic oxidation sites excluding steroid dienone is 1. The van der Waals surface area contributed by atoms with Crippen molar-refractivity contribution in [1.29, 1.82) is 0 Å². The Morgan fingerprint density at radius 3 is 2.75 bits per heavy atom. The van der Waals surface area contributed by atoms with Crippen LogP contribution < -0.4 is 0 Å². The zero-order chi connectivity index (χ0) is 20.4. The van der Waals surface area contributed by atoms with Crippen molar-refractivity contribution in [1.82, 2.24) is 9.80 Å². The molecule has 5 nitrogen and oxygen atoms in total. The van der Waals surface area contributed by atoms with Gasteiger partial charge in [0.1, 0.15) is 5.82 Å². The summed E-state index contributed by atoms with van der Waals surface area (Å²) >= 11 is 0. The van der Waals surface area contributed by atoms with Gasteiger partial charge in [0.05, 0.1) is 6.67 Å². The van der Waals surface area contributed by atoms with Gasteiger partial charge >= 0.3 is 0 Å². The molecule has 1 aliphatic heterocycles. The molecule has 2 rings (SSSR count). The number of hydrogen-bond donors (Lipinski definition) is 0. The van der Waals surface area contributed by atoms with Gasteiger partial charge in [0.2, 0.25) is 0 Å². The van der Waals surface area contributed by atoms with Gasteiger partial charge < -0.3 is 4.90 Å². The molecule has 0 saturated carbocycles. The summed E-state index contributed by atoms with van der Waals surface area (Å²) in [5.74, 6) is 0.481. The summed E-state index contributed by atoms with van der Waals surface area (Å²) in [6.07, 6.45) is 5.85. The van der Waals surface area contributed by atoms with Crippen LogP contribution in [0.1, 0.15) is 25.0 Å². The first kappa shape index (κ1) is 22.1. The van der Waals surface area contributed by atoms with Gasteiger partial charge in [-0.15, -0.1) is 0 Å². The van der Waals surface area contributed by atoms with Crippen LogP contribution in [-0.2, 0) is 6.42 Å². The van der Waals surface area contributed by atoms with Gasteiger partial charge in [0.15, 0.2) is 0 Å². The van der Waals surface area contributed by atoms with Crippen LogP contribution in [0.3, 0.4) is 0 Å². The average molecular weight is 386 g/mol. The zero-order valence-corrected chi connectivity index (χ0v) is 17.3. The van der Waals surface area contributed by atoms with Crippen LogP contribution >= 0.6 is 0 Å². The summed E-state index contributed by atoms with van der Waals surface area (Å²) in [6.45, 7) is 12.9. The predicted octanol–water partition coefficient (Wildman–Crippen LogP) is 3.41. The molecule has 0 N–H and O–H groups in total. The summed E-state index contributed by atoms with van der Waals surface area (Å²) in [5.41, 5.74) is 1.82. The molecule has 0 atom stereocenters. The fraction of sp³-hybridized carbons (Fsp3) is 0.500. The third-order valence-electron chi connectivity index (χ3n) is 4.93. The number of halogens is 1. The van der Waals surface area contributed by atoms with Crippen molar-refractivity contribution in [3.8, 4) is 0 Å². The Bertz CT molecular complexity index is 720. The van der Waals surface area contributed by atoms with E-state index in [9.17, 15) is 4.39 Å². The molecule has 0 aromatic heterocycles. The Balaban J connectivity index is 1.92. The number of aliphatic imine (C=N–C) groups is 3. The fourth-order valence-corrected chi connectivity index (χ4v) is 3.23. The SMILES string of the molecule is C=N/C=C(\C=N/CN(CC)C/C=N\CC1CN(C)C1)c1cccc(CC)c1F. The van der Waals surface area contributed by atoms with E-state index in [0.29, 0.717) is 35.7 Å². The van der Waals surface area contributed by atoms with Crippen LogP contribution in [0.15, 0.2) is 39.4 Å². The quantitative estimate of drug-likeness (QED) is 0.548. The smallest absolute Gasteiger partial charge is 0.134 e. The van der Waals surface area contributed by atoms with Gasteiger partial charge in [0, 0.05) is 61.9 Å². The van der Waals surface area contributed by atoms with Gasteiger partial charge in [-0.25, -0.2) is 4.39 Å². The molecule has 1 aromatic carbocycles. The van der Waals surface area contributed by atoms with Crippen molar-refractivity contribution in [2.75, 3.05) is 46.4 Å². The normalized spacial score (nSPS) is 16.4. The van der Waals surface area contributed by atoms with Gasteiger partial charge in [-0.1, -0.05) is 32.0 Å². The van der Waals surface area contributed by atoms with Crippen molar-refractivity contribution in [3.05, 3.63) is 41.3 Å². The molecule has 1 fully saturated rings. The maximum atomic E-state index is 14.6. The molecule has 0 amide bonds. The van der Waals surface area contributed by atoms with Gasteiger partial charge in [-0.2, -0.15) is 0 Å². The van der Waals surface area contributed by atoms with E-state index in [1.807, 2.05) is 19.2 Å². The number of likely N-dealkylation sites (tertiary alicyclic amines) is 1. The van der Waals surface area contributed by atoms with Gasteiger partial charge in [0.25, 0.3) is 0 Å². The summed E-state index contributed by atoms with van der Waals surface area (Å²) < 4.78 is 14.6. The molecule has 1 aliphatic rings. The molecule has 0 radical (unpaired) electrons. The minimum absolute atomic E-state index is 0.215. The first-order valence-corrected chi connectivity index (χ1v) is 9.91. The minimum atomic E-state index is -0.215. The standard InChI is InChI=1S/C22H32FN5/c1-5-19-8-7-9-21(22(19)23)20(13-24-3)14-26-17-28(6-2)11-10-25-12-18-15-27(4)16-18/h7-10,13-14,18H,3,5-6,11-12,15-17H2,1-2,4H3/b20-13+,25-10-,26-14-. The van der Waals surface area contributed by atoms with E-state index in [2.05, 4.69) is 45.5 Å². The minimum Gasteiger partial charge on any atom is -0.306 e. The van der Waals surface area contributed by atoms with E-state index in [0.717, 1.165) is 32.7 Å². The first-order valence-electron chi connectivity index (χ1n) is 9.91. The monoisotopic (exact) mass is 385 g/mol. The van der Waals surface area contributed by atoms with Crippen molar-refractivity contribution in [2.24, 2.45) is 20.9 Å². The van der Waals surface area contributed by atoms with E-state index in [1.165, 1.54) is 0 Å². The third kappa shape index (κ3) is 6.46. The Hall–Kier alpha value is -2.18. The lowest BCUT2D eigenvalue weighted by Crippen LogP contribution is -2.45. The predicted molar refractivity (Wildman–Crippen MR) is 118 cm³/mol. The van der Waals surface area contributed by atoms with Crippen LogP contribution in [-0.4, -0.2) is 75.4 Å². The van der Waals surface area contributed by atoms with Crippen molar-refractivity contribution < 1.29 is 4.39 Å². The molecule has 6 heteroatoms. The highest BCUT2D eigenvalue weighted by atomic mass is 19.1. The lowest BCUT2D eigenvalue weighted by atomic mass is 10.0. The highest BCUT2D eigenvalue weighted by Gasteiger charge is 2.21. The van der Waals surface area contributed by atoms with Crippen molar-refractivity contribution in [3.63, 3.8) is 0 Å². The Labute approximate surface area is 168 Å². The van der Waals surface area contributed by atoms with Gasteiger partial charge in [-0.3, -0.25) is 19.9 Å². The zero-order valence-electron chi connectivity index (χ0n) is 17.3. The molecule has 1 heterocycles. The molecule has 1 aromatic rings. The summed E-state index contributed by atoms with van der Waals surface area (Å²) in [7, 11) is 2.13. The van der Waals surface area contributed by atoms with Crippen molar-refractivity contribution in [2.45, 2.75) is 20.3 Å². The Kier molecular flexibility index (Phi) is 9.17. The first-order chi connectivity index (χ1) is 13.6. The van der Waals surface area contributed by atoms with E-state index in [1.54, 1.807) is 24.5 Å². The topological polar surface area (TPSA) is 43.6 Å². The molecule has 28 heavy (non-hydrogen) atoms. The van der Waals surface area contributed by atoms with E-state index < -0.39 is 0 Å². The number of benzene rings is 1.